The van der Waals surface area contributed by atoms with Crippen LogP contribution in [0.15, 0.2) is 22.7 Å². The lowest BCUT2D eigenvalue weighted by Gasteiger charge is -2.12. The lowest BCUT2D eigenvalue weighted by molar-refractivity contribution is -0.384. The van der Waals surface area contributed by atoms with Crippen molar-refractivity contribution in [2.24, 2.45) is 5.73 Å². The Kier molecular flexibility index (Phi) is 5.24. The summed E-state index contributed by atoms with van der Waals surface area (Å²) in [6.07, 6.45) is 1.41. The number of halogens is 1. The van der Waals surface area contributed by atoms with Gasteiger partial charge in [-0.2, -0.15) is 0 Å². The summed E-state index contributed by atoms with van der Waals surface area (Å²) in [5.74, 6) is -0.300. The van der Waals surface area contributed by atoms with E-state index in [1.54, 1.807) is 0 Å². The van der Waals surface area contributed by atoms with E-state index >= 15 is 0 Å². The molecule has 0 aliphatic carbocycles. The lowest BCUT2D eigenvalue weighted by Crippen LogP contribution is -2.35. The van der Waals surface area contributed by atoms with Crippen molar-refractivity contribution in [3.05, 3.63) is 32.8 Å². The maximum atomic E-state index is 11.7. The van der Waals surface area contributed by atoms with Crippen LogP contribution in [0.1, 0.15) is 19.8 Å². The molecule has 0 radical (unpaired) electrons. The van der Waals surface area contributed by atoms with Gasteiger partial charge in [-0.05, 0) is 28.4 Å². The van der Waals surface area contributed by atoms with Crippen molar-refractivity contribution in [3.8, 4) is 0 Å². The Bertz CT molecular complexity index is 465. The van der Waals surface area contributed by atoms with Gasteiger partial charge in [-0.15, -0.1) is 0 Å². The van der Waals surface area contributed by atoms with Crippen LogP contribution in [-0.4, -0.2) is 16.9 Å². The number of carbonyl (C=O) groups is 1. The molecule has 0 aliphatic rings. The molecule has 1 rings (SSSR count). The van der Waals surface area contributed by atoms with Gasteiger partial charge in [0, 0.05) is 16.6 Å². The molecule has 6 nitrogen and oxygen atoms in total. The Labute approximate surface area is 113 Å². The topological polar surface area (TPSA) is 98.3 Å². The molecule has 1 aromatic carbocycles. The highest BCUT2D eigenvalue weighted by atomic mass is 79.9. The van der Waals surface area contributed by atoms with E-state index in [1.807, 2.05) is 6.92 Å². The zero-order valence-electron chi connectivity index (χ0n) is 9.85. The molecular weight excluding hydrogens is 302 g/mol. The third kappa shape index (κ3) is 3.78. The molecule has 0 saturated carbocycles. The summed E-state index contributed by atoms with van der Waals surface area (Å²) in [5.41, 5.74) is 6.09. The zero-order valence-corrected chi connectivity index (χ0v) is 11.4. The van der Waals surface area contributed by atoms with E-state index in [2.05, 4.69) is 21.2 Å². The quantitative estimate of drug-likeness (QED) is 0.644. The molecule has 0 fully saturated rings. The van der Waals surface area contributed by atoms with Gasteiger partial charge in [0.05, 0.1) is 16.7 Å². The first-order chi connectivity index (χ1) is 8.45. The molecule has 18 heavy (non-hydrogen) atoms. The minimum atomic E-state index is -0.572. The van der Waals surface area contributed by atoms with Gasteiger partial charge in [-0.1, -0.05) is 13.3 Å². The fourth-order valence-electron chi connectivity index (χ4n) is 1.39. The van der Waals surface area contributed by atoms with Gasteiger partial charge in [0.2, 0.25) is 5.91 Å². The Balaban J connectivity index is 2.79. The molecule has 0 aliphatic heterocycles. The van der Waals surface area contributed by atoms with Crippen molar-refractivity contribution in [2.45, 2.75) is 25.8 Å². The average Bonchev–Trinajstić information content (AvgIpc) is 2.31. The normalized spacial score (nSPS) is 11.9. The number of carbonyl (C=O) groups excluding carboxylic acids is 1. The summed E-state index contributed by atoms with van der Waals surface area (Å²) >= 11 is 3.17. The molecule has 0 aromatic heterocycles. The molecule has 1 aromatic rings. The second-order valence-corrected chi connectivity index (χ2v) is 4.66. The van der Waals surface area contributed by atoms with Crippen molar-refractivity contribution in [2.75, 3.05) is 5.32 Å². The predicted molar refractivity (Wildman–Crippen MR) is 72.3 cm³/mol. The number of nitro groups is 1. The summed E-state index contributed by atoms with van der Waals surface area (Å²) in [4.78, 5) is 21.7. The summed E-state index contributed by atoms with van der Waals surface area (Å²) in [7, 11) is 0. The van der Waals surface area contributed by atoms with E-state index in [0.717, 1.165) is 6.42 Å². The monoisotopic (exact) mass is 315 g/mol. The Hall–Kier alpha value is -1.47. The van der Waals surface area contributed by atoms with E-state index in [-0.39, 0.29) is 11.6 Å². The van der Waals surface area contributed by atoms with Crippen LogP contribution in [0.25, 0.3) is 0 Å². The number of amides is 1. The molecule has 0 heterocycles. The number of nitrogens with two attached hydrogens (primary N) is 1. The number of nitrogens with zero attached hydrogens (tertiary/aromatic N) is 1. The van der Waals surface area contributed by atoms with E-state index < -0.39 is 11.0 Å². The fraction of sp³-hybridized carbons (Fsp3) is 0.364. The highest BCUT2D eigenvalue weighted by Gasteiger charge is 2.15. The predicted octanol–water partition coefficient (Wildman–Crippen LogP) is 2.42. The molecule has 1 amide bonds. The highest BCUT2D eigenvalue weighted by molar-refractivity contribution is 9.10. The molecule has 7 heteroatoms. The first kappa shape index (κ1) is 14.6. The van der Waals surface area contributed by atoms with Gasteiger partial charge in [0.15, 0.2) is 0 Å². The third-order valence-corrected chi connectivity index (χ3v) is 3.01. The van der Waals surface area contributed by atoms with E-state index in [4.69, 9.17) is 5.73 Å². The number of nitro benzene ring substituents is 1. The Morgan fingerprint density at radius 2 is 2.28 bits per heavy atom. The number of nitrogens with one attached hydrogen (secondary N) is 1. The number of hydrogen-bond donors (Lipinski definition) is 2. The third-order valence-electron chi connectivity index (χ3n) is 2.36. The van der Waals surface area contributed by atoms with Crippen LogP contribution >= 0.6 is 15.9 Å². The average molecular weight is 316 g/mol. The molecule has 1 unspecified atom stereocenters. The maximum absolute atomic E-state index is 11.7. The summed E-state index contributed by atoms with van der Waals surface area (Å²) in [5, 5.41) is 13.2. The maximum Gasteiger partial charge on any atom is 0.270 e. The second kappa shape index (κ2) is 6.46. The van der Waals surface area contributed by atoms with Crippen molar-refractivity contribution in [3.63, 3.8) is 0 Å². The largest absolute Gasteiger partial charge is 0.324 e. The molecule has 3 N–H and O–H groups in total. The first-order valence-electron chi connectivity index (χ1n) is 5.46. The molecule has 0 saturated heterocycles. The van der Waals surface area contributed by atoms with Crippen LogP contribution in [0.3, 0.4) is 0 Å². The van der Waals surface area contributed by atoms with Gasteiger partial charge >= 0.3 is 0 Å². The molecule has 1 atom stereocenters. The van der Waals surface area contributed by atoms with Crippen LogP contribution in [0.4, 0.5) is 11.4 Å². The minimum Gasteiger partial charge on any atom is -0.324 e. The van der Waals surface area contributed by atoms with Crippen LogP contribution in [-0.2, 0) is 4.79 Å². The Morgan fingerprint density at radius 3 is 2.78 bits per heavy atom. The summed E-state index contributed by atoms with van der Waals surface area (Å²) < 4.78 is 0.453. The van der Waals surface area contributed by atoms with E-state index in [9.17, 15) is 14.9 Å². The Morgan fingerprint density at radius 1 is 1.61 bits per heavy atom. The van der Waals surface area contributed by atoms with Gasteiger partial charge in [0.25, 0.3) is 5.69 Å². The van der Waals surface area contributed by atoms with Crippen LogP contribution in [0.2, 0.25) is 0 Å². The van der Waals surface area contributed by atoms with Crippen LogP contribution in [0, 0.1) is 10.1 Å². The van der Waals surface area contributed by atoms with Gasteiger partial charge in [-0.25, -0.2) is 0 Å². The zero-order chi connectivity index (χ0) is 13.7. The van der Waals surface area contributed by atoms with Crippen molar-refractivity contribution in [1.29, 1.82) is 0 Å². The summed E-state index contributed by atoms with van der Waals surface area (Å²) in [6.45, 7) is 1.94. The first-order valence-corrected chi connectivity index (χ1v) is 6.25. The molecular formula is C11H14BrN3O3. The molecule has 0 spiro atoms. The smallest absolute Gasteiger partial charge is 0.270 e. The van der Waals surface area contributed by atoms with Crippen LogP contribution < -0.4 is 11.1 Å². The van der Waals surface area contributed by atoms with Crippen molar-refractivity contribution in [1.82, 2.24) is 0 Å². The van der Waals surface area contributed by atoms with Gasteiger partial charge < -0.3 is 11.1 Å². The number of benzene rings is 1. The van der Waals surface area contributed by atoms with Gasteiger partial charge in [0.1, 0.15) is 0 Å². The summed E-state index contributed by atoms with van der Waals surface area (Å²) in [6, 6.07) is 3.56. The van der Waals surface area contributed by atoms with Crippen LogP contribution in [0.5, 0.6) is 0 Å². The van der Waals surface area contributed by atoms with Crippen molar-refractivity contribution >= 4 is 33.2 Å². The lowest BCUT2D eigenvalue weighted by atomic mass is 10.1. The minimum absolute atomic E-state index is 0.0438. The highest BCUT2D eigenvalue weighted by Crippen LogP contribution is 2.27. The molecule has 0 bridgehead atoms. The fourth-order valence-corrected chi connectivity index (χ4v) is 1.85. The van der Waals surface area contributed by atoms with E-state index in [0.29, 0.717) is 16.6 Å². The van der Waals surface area contributed by atoms with E-state index in [1.165, 1.54) is 18.2 Å². The standard InChI is InChI=1S/C11H14BrN3O3/c1-2-3-9(13)11(16)14-10-5-4-7(15(17)18)6-8(10)12/h4-6,9H,2-3,13H2,1H3,(H,14,16). The number of rotatable bonds is 5. The second-order valence-electron chi connectivity index (χ2n) is 3.81. The number of non-ortho nitro benzene ring substituents is 1. The SMILES string of the molecule is CCCC(N)C(=O)Nc1ccc([N+](=O)[O-])cc1Br. The van der Waals surface area contributed by atoms with Gasteiger partial charge in [-0.3, -0.25) is 14.9 Å². The number of hydrogen-bond acceptors (Lipinski definition) is 4. The molecule has 98 valence electrons. The number of anilines is 1. The van der Waals surface area contributed by atoms with Crippen molar-refractivity contribution < 1.29 is 9.72 Å².